The van der Waals surface area contributed by atoms with E-state index in [1.165, 1.54) is 37.7 Å². The Bertz CT molecular complexity index is 375. The summed E-state index contributed by atoms with van der Waals surface area (Å²) >= 11 is 0. The summed E-state index contributed by atoms with van der Waals surface area (Å²) in [5, 5.41) is 13.8. The molecule has 0 spiro atoms. The molecule has 17 heavy (non-hydrogen) atoms. The fraction of sp³-hybridized carbons (Fsp3) is 0.643. The molecule has 94 valence electrons. The molecule has 1 aromatic rings. The van der Waals surface area contributed by atoms with Crippen LogP contribution in [0.2, 0.25) is 0 Å². The first-order chi connectivity index (χ1) is 8.35. The van der Waals surface area contributed by atoms with Gasteiger partial charge in [-0.2, -0.15) is 5.10 Å². The van der Waals surface area contributed by atoms with Crippen LogP contribution < -0.4 is 0 Å². The highest BCUT2D eigenvalue weighted by molar-refractivity contribution is 5.50. The zero-order valence-electron chi connectivity index (χ0n) is 10.6. The highest BCUT2D eigenvalue weighted by atomic mass is 16.3. The van der Waals surface area contributed by atoms with E-state index < -0.39 is 0 Å². The molecule has 1 saturated carbocycles. The van der Waals surface area contributed by atoms with Crippen LogP contribution in [0.1, 0.15) is 44.7 Å². The van der Waals surface area contributed by atoms with Crippen molar-refractivity contribution in [2.45, 2.75) is 45.6 Å². The van der Waals surface area contributed by atoms with Crippen molar-refractivity contribution in [2.24, 2.45) is 5.92 Å². The maximum atomic E-state index is 9.54. The van der Waals surface area contributed by atoms with Gasteiger partial charge in [-0.3, -0.25) is 4.68 Å². The van der Waals surface area contributed by atoms with Gasteiger partial charge in [0.2, 0.25) is 0 Å². The lowest BCUT2D eigenvalue weighted by molar-refractivity contribution is 0.295. The monoisotopic (exact) mass is 234 g/mol. The number of rotatable bonds is 4. The second-order valence-corrected chi connectivity index (χ2v) is 4.78. The van der Waals surface area contributed by atoms with Crippen molar-refractivity contribution >= 4 is 6.08 Å². The minimum atomic E-state index is 0.180. The van der Waals surface area contributed by atoms with Crippen molar-refractivity contribution in [1.29, 1.82) is 0 Å². The Hall–Kier alpha value is -1.09. The third-order valence-corrected chi connectivity index (χ3v) is 3.69. The van der Waals surface area contributed by atoms with Crippen molar-refractivity contribution in [3.63, 3.8) is 0 Å². The second-order valence-electron chi connectivity index (χ2n) is 4.78. The summed E-state index contributed by atoms with van der Waals surface area (Å²) in [4.78, 5) is 0. The lowest BCUT2D eigenvalue weighted by Crippen LogP contribution is -2.12. The molecule has 1 heterocycles. The molecule has 1 N–H and O–H groups in total. The third-order valence-electron chi connectivity index (χ3n) is 3.69. The summed E-state index contributed by atoms with van der Waals surface area (Å²) in [5.74, 6) is 0.578. The van der Waals surface area contributed by atoms with E-state index in [1.54, 1.807) is 0 Å². The largest absolute Gasteiger partial charge is 0.392 e. The van der Waals surface area contributed by atoms with Crippen LogP contribution in [0.4, 0.5) is 0 Å². The zero-order valence-corrected chi connectivity index (χ0v) is 10.6. The Morgan fingerprint density at radius 3 is 2.88 bits per heavy atom. The van der Waals surface area contributed by atoms with Gasteiger partial charge >= 0.3 is 0 Å². The molecule has 0 aromatic carbocycles. The van der Waals surface area contributed by atoms with E-state index in [4.69, 9.17) is 0 Å². The summed E-state index contributed by atoms with van der Waals surface area (Å²) < 4.78 is 1.97. The second kappa shape index (κ2) is 6.01. The molecule has 0 bridgehead atoms. The number of aliphatic hydroxyl groups excluding tert-OH is 1. The zero-order chi connectivity index (χ0) is 12.1. The highest BCUT2D eigenvalue weighted by Crippen LogP contribution is 2.30. The van der Waals surface area contributed by atoms with E-state index in [2.05, 4.69) is 18.1 Å². The number of aliphatic hydroxyl groups is 1. The maximum absolute atomic E-state index is 9.54. The number of hydrogen-bond donors (Lipinski definition) is 1. The summed E-state index contributed by atoms with van der Waals surface area (Å²) in [6.07, 6.45) is 10.4. The van der Waals surface area contributed by atoms with Crippen molar-refractivity contribution in [2.75, 3.05) is 6.61 Å². The molecule has 0 amide bonds. The van der Waals surface area contributed by atoms with E-state index in [-0.39, 0.29) is 6.61 Å². The topological polar surface area (TPSA) is 38.0 Å². The molecule has 3 nitrogen and oxygen atoms in total. The Labute approximate surface area is 103 Å². The van der Waals surface area contributed by atoms with Gasteiger partial charge in [0.15, 0.2) is 0 Å². The smallest absolute Gasteiger partial charge is 0.0648 e. The van der Waals surface area contributed by atoms with E-state index in [9.17, 15) is 5.11 Å². The van der Waals surface area contributed by atoms with E-state index in [0.29, 0.717) is 5.92 Å². The van der Waals surface area contributed by atoms with Crippen molar-refractivity contribution in [1.82, 2.24) is 9.78 Å². The molecule has 1 aliphatic rings. The first-order valence-corrected chi connectivity index (χ1v) is 6.68. The Balaban J connectivity index is 2.16. The Morgan fingerprint density at radius 1 is 1.47 bits per heavy atom. The van der Waals surface area contributed by atoms with Crippen LogP contribution in [0.3, 0.4) is 0 Å². The van der Waals surface area contributed by atoms with E-state index in [1.807, 2.05) is 16.9 Å². The van der Waals surface area contributed by atoms with Crippen LogP contribution in [0, 0.1) is 5.92 Å². The van der Waals surface area contributed by atoms with Gasteiger partial charge in [0.25, 0.3) is 0 Å². The van der Waals surface area contributed by atoms with Crippen LogP contribution in [-0.2, 0) is 6.54 Å². The first kappa shape index (κ1) is 12.4. The minimum absolute atomic E-state index is 0.180. The molecule has 0 saturated heterocycles. The lowest BCUT2D eigenvalue weighted by Gasteiger charge is -2.23. The molecule has 0 unspecified atom stereocenters. The van der Waals surface area contributed by atoms with Crippen LogP contribution in [0.15, 0.2) is 17.8 Å². The normalized spacial score (nSPS) is 18.6. The molecule has 2 rings (SSSR count). The predicted molar refractivity (Wildman–Crippen MR) is 69.5 cm³/mol. The van der Waals surface area contributed by atoms with E-state index >= 15 is 0 Å². The SMILES string of the molecule is CCn1nccc1/C=C(/CO)C1CCCCC1. The number of nitrogens with zero attached hydrogens (tertiary/aromatic N) is 2. The van der Waals surface area contributed by atoms with Gasteiger partial charge in [-0.15, -0.1) is 0 Å². The van der Waals surface area contributed by atoms with Gasteiger partial charge in [0.05, 0.1) is 12.3 Å². The maximum Gasteiger partial charge on any atom is 0.0648 e. The quantitative estimate of drug-likeness (QED) is 0.870. The van der Waals surface area contributed by atoms with Gasteiger partial charge in [-0.05, 0) is 43.4 Å². The Kier molecular flexibility index (Phi) is 4.37. The summed E-state index contributed by atoms with van der Waals surface area (Å²) in [5.41, 5.74) is 2.29. The molecular formula is C14H22N2O. The molecule has 0 radical (unpaired) electrons. The molecule has 1 aromatic heterocycles. The van der Waals surface area contributed by atoms with Crippen molar-refractivity contribution in [3.8, 4) is 0 Å². The minimum Gasteiger partial charge on any atom is -0.392 e. The lowest BCUT2D eigenvalue weighted by atomic mass is 9.83. The van der Waals surface area contributed by atoms with Crippen LogP contribution in [0.25, 0.3) is 6.08 Å². The number of hydrogen-bond acceptors (Lipinski definition) is 2. The molecule has 0 atom stereocenters. The van der Waals surface area contributed by atoms with Crippen LogP contribution >= 0.6 is 0 Å². The number of aryl methyl sites for hydroxylation is 1. The third kappa shape index (κ3) is 2.97. The predicted octanol–water partition coefficient (Wildman–Crippen LogP) is 2.86. The average molecular weight is 234 g/mol. The first-order valence-electron chi connectivity index (χ1n) is 6.68. The Morgan fingerprint density at radius 2 is 2.24 bits per heavy atom. The van der Waals surface area contributed by atoms with E-state index in [0.717, 1.165) is 12.2 Å². The van der Waals surface area contributed by atoms with Crippen LogP contribution in [0.5, 0.6) is 0 Å². The molecule has 0 aliphatic heterocycles. The summed E-state index contributed by atoms with van der Waals surface area (Å²) in [6, 6.07) is 2.02. The van der Waals surface area contributed by atoms with Gasteiger partial charge in [-0.1, -0.05) is 19.3 Å². The molecule has 1 fully saturated rings. The molecule has 3 heteroatoms. The van der Waals surface area contributed by atoms with Gasteiger partial charge in [-0.25, -0.2) is 0 Å². The van der Waals surface area contributed by atoms with Crippen LogP contribution in [-0.4, -0.2) is 21.5 Å². The van der Waals surface area contributed by atoms with Gasteiger partial charge in [0, 0.05) is 12.7 Å². The standard InChI is InChI=1S/C14H22N2O/c1-2-16-14(8-9-15-16)10-13(11-17)12-6-4-3-5-7-12/h8-10,12,17H,2-7,11H2,1H3/b13-10-. The number of aromatic nitrogens is 2. The average Bonchev–Trinajstić information content (AvgIpc) is 2.84. The van der Waals surface area contributed by atoms with Gasteiger partial charge in [0.1, 0.15) is 0 Å². The fourth-order valence-electron chi connectivity index (χ4n) is 2.69. The highest BCUT2D eigenvalue weighted by Gasteiger charge is 2.17. The summed E-state index contributed by atoms with van der Waals surface area (Å²) in [7, 11) is 0. The van der Waals surface area contributed by atoms with Crippen molar-refractivity contribution < 1.29 is 5.11 Å². The molecule has 1 aliphatic carbocycles. The molecular weight excluding hydrogens is 212 g/mol. The fourth-order valence-corrected chi connectivity index (χ4v) is 2.69. The summed E-state index contributed by atoms with van der Waals surface area (Å²) in [6.45, 7) is 3.14. The van der Waals surface area contributed by atoms with Crippen molar-refractivity contribution in [3.05, 3.63) is 23.5 Å². The van der Waals surface area contributed by atoms with Gasteiger partial charge < -0.3 is 5.11 Å².